The minimum atomic E-state index is -0.426. The predicted molar refractivity (Wildman–Crippen MR) is 109 cm³/mol. The van der Waals surface area contributed by atoms with Crippen LogP contribution >= 0.6 is 15.9 Å². The fourth-order valence-electron chi connectivity index (χ4n) is 2.90. The van der Waals surface area contributed by atoms with E-state index in [0.717, 1.165) is 10.0 Å². The fraction of sp³-hybridized carbons (Fsp3) is 0. The van der Waals surface area contributed by atoms with E-state index in [4.69, 9.17) is 0 Å². The second-order valence-electron chi connectivity index (χ2n) is 5.98. The second-order valence-corrected chi connectivity index (χ2v) is 6.89. The molecular weight excluding hydrogens is 407 g/mol. The van der Waals surface area contributed by atoms with Crippen LogP contribution in [0.2, 0.25) is 0 Å². The molecule has 0 unspecified atom stereocenters. The van der Waals surface area contributed by atoms with E-state index >= 15 is 0 Å². The Balaban J connectivity index is 1.87. The van der Waals surface area contributed by atoms with Gasteiger partial charge in [0, 0.05) is 4.47 Å². The minimum Gasteiger partial charge on any atom is -0.266 e. The number of rotatable bonds is 3. The lowest BCUT2D eigenvalue weighted by molar-refractivity contribution is -0.113. The molecule has 5 heteroatoms. The van der Waals surface area contributed by atoms with E-state index in [0.29, 0.717) is 5.69 Å². The first-order valence-corrected chi connectivity index (χ1v) is 9.13. The molecule has 0 radical (unpaired) electrons. The minimum absolute atomic E-state index is 0.263. The zero-order chi connectivity index (χ0) is 18.8. The molecule has 3 nitrogen and oxygen atoms in total. The number of carbonyl (C=O) groups excluding carboxylic acids is 1. The maximum absolute atomic E-state index is 14.4. The average molecular weight is 421 g/mol. The summed E-state index contributed by atoms with van der Waals surface area (Å²) in [5.41, 5.74) is 2.02. The number of benzene rings is 3. The highest BCUT2D eigenvalue weighted by atomic mass is 79.9. The van der Waals surface area contributed by atoms with E-state index in [1.807, 2.05) is 42.5 Å². The first-order chi connectivity index (χ1) is 13.1. The molecule has 0 saturated carbocycles. The van der Waals surface area contributed by atoms with Crippen LogP contribution in [-0.4, -0.2) is 11.7 Å². The number of amidine groups is 1. The molecule has 1 heterocycles. The van der Waals surface area contributed by atoms with Crippen molar-refractivity contribution in [1.82, 2.24) is 0 Å². The number of anilines is 1. The smallest absolute Gasteiger partial charge is 0.266 e. The van der Waals surface area contributed by atoms with E-state index in [-0.39, 0.29) is 23.0 Å². The molecule has 1 aliphatic rings. The van der Waals surface area contributed by atoms with Crippen molar-refractivity contribution in [2.75, 3.05) is 4.90 Å². The van der Waals surface area contributed by atoms with Crippen LogP contribution in [0.5, 0.6) is 0 Å². The molecule has 0 spiro atoms. The Bertz CT molecular complexity index is 1080. The van der Waals surface area contributed by atoms with Gasteiger partial charge in [0.15, 0.2) is 5.84 Å². The number of hydrogen-bond donors (Lipinski definition) is 0. The quantitative estimate of drug-likeness (QED) is 0.520. The van der Waals surface area contributed by atoms with Crippen LogP contribution in [0.1, 0.15) is 11.1 Å². The number of carbonyl (C=O) groups is 1. The highest BCUT2D eigenvalue weighted by molar-refractivity contribution is 9.10. The SMILES string of the molecule is O=C1/C(=C\c2ccccc2)N=C(c2ccccc2F)N1c1cccc(Br)c1. The zero-order valence-electron chi connectivity index (χ0n) is 14.1. The Labute approximate surface area is 164 Å². The van der Waals surface area contributed by atoms with Gasteiger partial charge in [-0.2, -0.15) is 0 Å². The summed E-state index contributed by atoms with van der Waals surface area (Å²) in [4.78, 5) is 19.0. The number of hydrogen-bond acceptors (Lipinski definition) is 2. The molecule has 3 aromatic carbocycles. The average Bonchev–Trinajstić information content (AvgIpc) is 2.99. The topological polar surface area (TPSA) is 32.7 Å². The Morgan fingerprint density at radius 2 is 1.67 bits per heavy atom. The Hall–Kier alpha value is -3.05. The second kappa shape index (κ2) is 7.29. The maximum Gasteiger partial charge on any atom is 0.282 e. The summed E-state index contributed by atoms with van der Waals surface area (Å²) in [5.74, 6) is -0.446. The molecule has 0 aromatic heterocycles. The van der Waals surface area contributed by atoms with Gasteiger partial charge in [0.05, 0.1) is 11.3 Å². The molecule has 0 aliphatic carbocycles. The van der Waals surface area contributed by atoms with Gasteiger partial charge in [-0.25, -0.2) is 9.38 Å². The molecule has 1 aliphatic heterocycles. The molecule has 0 fully saturated rings. The Morgan fingerprint density at radius 3 is 2.41 bits per heavy atom. The maximum atomic E-state index is 14.4. The van der Waals surface area contributed by atoms with Crippen molar-refractivity contribution in [3.8, 4) is 0 Å². The van der Waals surface area contributed by atoms with Gasteiger partial charge in [0.2, 0.25) is 0 Å². The third-order valence-corrected chi connectivity index (χ3v) is 4.64. The van der Waals surface area contributed by atoms with E-state index in [9.17, 15) is 9.18 Å². The summed E-state index contributed by atoms with van der Waals surface area (Å²) in [6.07, 6.45) is 1.71. The number of nitrogens with zero attached hydrogens (tertiary/aromatic N) is 2. The lowest BCUT2D eigenvalue weighted by Crippen LogP contribution is -2.33. The van der Waals surface area contributed by atoms with Crippen molar-refractivity contribution in [3.63, 3.8) is 0 Å². The van der Waals surface area contributed by atoms with E-state index in [1.165, 1.54) is 11.0 Å². The Morgan fingerprint density at radius 1 is 0.926 bits per heavy atom. The van der Waals surface area contributed by atoms with Crippen LogP contribution in [0.15, 0.2) is 94.0 Å². The standard InChI is InChI=1S/C22H14BrFN2O/c23-16-9-6-10-17(14-16)26-21(18-11-4-5-12-19(18)24)25-20(22(26)27)13-15-7-2-1-3-8-15/h1-14H/b20-13+. The largest absolute Gasteiger partial charge is 0.282 e. The lowest BCUT2D eigenvalue weighted by Gasteiger charge is -2.19. The number of aliphatic imine (C=N–C) groups is 1. The van der Waals surface area contributed by atoms with Gasteiger partial charge in [0.25, 0.3) is 5.91 Å². The zero-order valence-corrected chi connectivity index (χ0v) is 15.7. The molecule has 1 amide bonds. The van der Waals surface area contributed by atoms with Crippen LogP contribution in [-0.2, 0) is 4.79 Å². The van der Waals surface area contributed by atoms with E-state index < -0.39 is 5.82 Å². The molecule has 0 bridgehead atoms. The van der Waals surface area contributed by atoms with Crippen LogP contribution in [0.4, 0.5) is 10.1 Å². The van der Waals surface area contributed by atoms with Crippen molar-refractivity contribution in [1.29, 1.82) is 0 Å². The Kier molecular flexibility index (Phi) is 4.69. The number of halogens is 2. The predicted octanol–water partition coefficient (Wildman–Crippen LogP) is 5.42. The van der Waals surface area contributed by atoms with Gasteiger partial charge in [-0.1, -0.05) is 64.5 Å². The molecule has 0 saturated heterocycles. The van der Waals surface area contributed by atoms with Gasteiger partial charge in [0.1, 0.15) is 11.5 Å². The third kappa shape index (κ3) is 3.46. The van der Waals surface area contributed by atoms with Crippen LogP contribution in [0, 0.1) is 5.82 Å². The molecule has 3 aromatic rings. The van der Waals surface area contributed by atoms with Gasteiger partial charge >= 0.3 is 0 Å². The molecule has 0 N–H and O–H groups in total. The van der Waals surface area contributed by atoms with Crippen molar-refractivity contribution in [3.05, 3.63) is 106 Å². The van der Waals surface area contributed by atoms with Crippen LogP contribution in [0.25, 0.3) is 6.08 Å². The van der Waals surface area contributed by atoms with Crippen LogP contribution < -0.4 is 4.90 Å². The first-order valence-electron chi connectivity index (χ1n) is 8.34. The van der Waals surface area contributed by atoms with Crippen molar-refractivity contribution in [2.45, 2.75) is 0 Å². The van der Waals surface area contributed by atoms with Crippen LogP contribution in [0.3, 0.4) is 0 Å². The van der Waals surface area contributed by atoms with Gasteiger partial charge in [-0.15, -0.1) is 0 Å². The fourth-order valence-corrected chi connectivity index (χ4v) is 3.29. The summed E-state index contributed by atoms with van der Waals surface area (Å²) in [7, 11) is 0. The lowest BCUT2D eigenvalue weighted by atomic mass is 10.1. The third-order valence-electron chi connectivity index (χ3n) is 4.14. The monoisotopic (exact) mass is 420 g/mol. The highest BCUT2D eigenvalue weighted by Gasteiger charge is 2.33. The van der Waals surface area contributed by atoms with Crippen molar-refractivity contribution in [2.24, 2.45) is 4.99 Å². The molecule has 27 heavy (non-hydrogen) atoms. The van der Waals surface area contributed by atoms with Gasteiger partial charge < -0.3 is 0 Å². The summed E-state index contributed by atoms with van der Waals surface area (Å²) < 4.78 is 15.3. The normalized spacial score (nSPS) is 15.3. The summed E-state index contributed by atoms with van der Waals surface area (Å²) in [6.45, 7) is 0. The van der Waals surface area contributed by atoms with Crippen molar-refractivity contribution >= 4 is 39.4 Å². The summed E-state index contributed by atoms with van der Waals surface area (Å²) in [6, 6.07) is 23.1. The van der Waals surface area contributed by atoms with Gasteiger partial charge in [-0.3, -0.25) is 9.69 Å². The molecule has 132 valence electrons. The molecular formula is C22H14BrFN2O. The highest BCUT2D eigenvalue weighted by Crippen LogP contribution is 2.30. The summed E-state index contributed by atoms with van der Waals surface area (Å²) in [5, 5.41) is 0. The van der Waals surface area contributed by atoms with Gasteiger partial charge in [-0.05, 0) is 42.0 Å². The molecule has 0 atom stereocenters. The first kappa shape index (κ1) is 17.4. The van der Waals surface area contributed by atoms with E-state index in [2.05, 4.69) is 20.9 Å². The number of amides is 1. The van der Waals surface area contributed by atoms with Crippen molar-refractivity contribution < 1.29 is 9.18 Å². The molecule has 4 rings (SSSR count). The summed E-state index contributed by atoms with van der Waals surface area (Å²) >= 11 is 3.42. The van der Waals surface area contributed by atoms with E-state index in [1.54, 1.807) is 36.4 Å².